The third-order valence-corrected chi connectivity index (χ3v) is 4.19. The van der Waals surface area contributed by atoms with Crippen LogP contribution in [0.2, 0.25) is 0 Å². The summed E-state index contributed by atoms with van der Waals surface area (Å²) < 4.78 is 6.01. The van der Waals surface area contributed by atoms with Gasteiger partial charge in [0, 0.05) is 12.6 Å². The molecule has 20 heavy (non-hydrogen) atoms. The maximum Gasteiger partial charge on any atom is 0.123 e. The molecule has 1 aliphatic rings. The van der Waals surface area contributed by atoms with Crippen LogP contribution in [-0.2, 0) is 0 Å². The second-order valence-electron chi connectivity index (χ2n) is 6.33. The number of nitrogens with one attached hydrogen (secondary N) is 1. The third kappa shape index (κ3) is 4.52. The SMILES string of the molecule is Cc1ccc(C(C)C)c(OCCNC2CCCCC2)c1. The zero-order valence-corrected chi connectivity index (χ0v) is 13.2. The Balaban J connectivity index is 1.79. The number of hydrogen-bond donors (Lipinski definition) is 1. The van der Waals surface area contributed by atoms with Gasteiger partial charge >= 0.3 is 0 Å². The quantitative estimate of drug-likeness (QED) is 0.776. The van der Waals surface area contributed by atoms with Crippen LogP contribution in [-0.4, -0.2) is 19.2 Å². The molecule has 2 rings (SSSR count). The van der Waals surface area contributed by atoms with Crippen molar-refractivity contribution in [2.24, 2.45) is 0 Å². The van der Waals surface area contributed by atoms with Crippen LogP contribution in [0.3, 0.4) is 0 Å². The molecule has 1 saturated carbocycles. The van der Waals surface area contributed by atoms with Crippen molar-refractivity contribution in [2.45, 2.75) is 64.8 Å². The van der Waals surface area contributed by atoms with Crippen molar-refractivity contribution in [3.05, 3.63) is 29.3 Å². The zero-order chi connectivity index (χ0) is 14.4. The highest BCUT2D eigenvalue weighted by Gasteiger charge is 2.12. The summed E-state index contributed by atoms with van der Waals surface area (Å²) in [6, 6.07) is 7.25. The van der Waals surface area contributed by atoms with E-state index in [0.717, 1.165) is 24.9 Å². The van der Waals surface area contributed by atoms with E-state index in [9.17, 15) is 0 Å². The van der Waals surface area contributed by atoms with E-state index in [1.165, 1.54) is 43.2 Å². The first kappa shape index (κ1) is 15.4. The Labute approximate surface area is 123 Å². The largest absolute Gasteiger partial charge is 0.492 e. The van der Waals surface area contributed by atoms with E-state index in [1.54, 1.807) is 0 Å². The lowest BCUT2D eigenvalue weighted by Gasteiger charge is -2.23. The zero-order valence-electron chi connectivity index (χ0n) is 13.2. The Morgan fingerprint density at radius 3 is 2.65 bits per heavy atom. The van der Waals surface area contributed by atoms with Gasteiger partial charge in [0.15, 0.2) is 0 Å². The molecular weight excluding hydrogens is 246 g/mol. The minimum absolute atomic E-state index is 0.511. The second kappa shape index (κ2) is 7.68. The van der Waals surface area contributed by atoms with Gasteiger partial charge in [-0.1, -0.05) is 45.2 Å². The summed E-state index contributed by atoms with van der Waals surface area (Å²) in [4.78, 5) is 0. The van der Waals surface area contributed by atoms with E-state index >= 15 is 0 Å². The van der Waals surface area contributed by atoms with E-state index in [4.69, 9.17) is 4.74 Å². The highest BCUT2D eigenvalue weighted by molar-refractivity contribution is 5.39. The van der Waals surface area contributed by atoms with E-state index < -0.39 is 0 Å². The molecule has 0 unspecified atom stereocenters. The standard InChI is InChI=1S/C18H29NO/c1-14(2)17-10-9-15(3)13-18(17)20-12-11-19-16-7-5-4-6-8-16/h9-10,13-14,16,19H,4-8,11-12H2,1-3H3. The molecule has 0 aromatic heterocycles. The normalized spacial score (nSPS) is 16.6. The molecule has 1 aromatic carbocycles. The fourth-order valence-electron chi connectivity index (χ4n) is 2.97. The molecule has 0 aliphatic heterocycles. The van der Waals surface area contributed by atoms with E-state index in [2.05, 4.69) is 44.3 Å². The summed E-state index contributed by atoms with van der Waals surface area (Å²) in [6.45, 7) is 8.28. The first-order chi connectivity index (χ1) is 9.66. The van der Waals surface area contributed by atoms with Crippen molar-refractivity contribution in [3.63, 3.8) is 0 Å². The van der Waals surface area contributed by atoms with Crippen LogP contribution in [0.15, 0.2) is 18.2 Å². The maximum absolute atomic E-state index is 6.01. The van der Waals surface area contributed by atoms with E-state index in [0.29, 0.717) is 5.92 Å². The van der Waals surface area contributed by atoms with Gasteiger partial charge in [0.25, 0.3) is 0 Å². The monoisotopic (exact) mass is 275 g/mol. The molecule has 0 radical (unpaired) electrons. The minimum atomic E-state index is 0.511. The summed E-state index contributed by atoms with van der Waals surface area (Å²) in [6.07, 6.45) is 6.85. The van der Waals surface area contributed by atoms with E-state index in [-0.39, 0.29) is 0 Å². The Bertz CT molecular complexity index is 408. The van der Waals surface area contributed by atoms with Crippen molar-refractivity contribution in [1.29, 1.82) is 0 Å². The average molecular weight is 275 g/mol. The fraction of sp³-hybridized carbons (Fsp3) is 0.667. The topological polar surface area (TPSA) is 21.3 Å². The Hall–Kier alpha value is -1.02. The molecule has 1 aliphatic carbocycles. The molecule has 1 N–H and O–H groups in total. The number of ether oxygens (including phenoxy) is 1. The predicted octanol–water partition coefficient (Wildman–Crippen LogP) is 4.42. The van der Waals surface area contributed by atoms with Gasteiger partial charge in [0.1, 0.15) is 12.4 Å². The van der Waals surface area contributed by atoms with Gasteiger partial charge in [0.05, 0.1) is 0 Å². The van der Waals surface area contributed by atoms with Gasteiger partial charge in [-0.2, -0.15) is 0 Å². The van der Waals surface area contributed by atoms with Gasteiger partial charge in [0.2, 0.25) is 0 Å². The van der Waals surface area contributed by atoms with Gasteiger partial charge in [-0.05, 0) is 42.9 Å². The summed E-state index contributed by atoms with van der Waals surface area (Å²) in [7, 11) is 0. The number of aryl methyl sites for hydroxylation is 1. The molecule has 0 saturated heterocycles. The lowest BCUT2D eigenvalue weighted by atomic mass is 9.96. The molecule has 1 fully saturated rings. The van der Waals surface area contributed by atoms with Crippen LogP contribution in [0.1, 0.15) is 63.0 Å². The molecule has 0 bridgehead atoms. The highest BCUT2D eigenvalue weighted by atomic mass is 16.5. The van der Waals surface area contributed by atoms with Crippen LogP contribution in [0.25, 0.3) is 0 Å². The Morgan fingerprint density at radius 1 is 1.20 bits per heavy atom. The first-order valence-corrected chi connectivity index (χ1v) is 8.13. The number of rotatable bonds is 6. The van der Waals surface area contributed by atoms with Crippen LogP contribution < -0.4 is 10.1 Å². The average Bonchev–Trinajstić information content (AvgIpc) is 2.44. The molecule has 1 aromatic rings. The Kier molecular flexibility index (Phi) is 5.90. The summed E-state index contributed by atoms with van der Waals surface area (Å²) >= 11 is 0. The number of benzene rings is 1. The lowest BCUT2D eigenvalue weighted by Crippen LogP contribution is -2.34. The fourth-order valence-corrected chi connectivity index (χ4v) is 2.97. The van der Waals surface area contributed by atoms with Gasteiger partial charge in [-0.25, -0.2) is 0 Å². The second-order valence-corrected chi connectivity index (χ2v) is 6.33. The molecule has 0 heterocycles. The van der Waals surface area contributed by atoms with Crippen LogP contribution in [0.5, 0.6) is 5.75 Å². The van der Waals surface area contributed by atoms with Crippen molar-refractivity contribution in [1.82, 2.24) is 5.32 Å². The smallest absolute Gasteiger partial charge is 0.123 e. The van der Waals surface area contributed by atoms with Gasteiger partial charge in [-0.15, -0.1) is 0 Å². The third-order valence-electron chi connectivity index (χ3n) is 4.19. The summed E-state index contributed by atoms with van der Waals surface area (Å²) in [5.41, 5.74) is 2.58. The van der Waals surface area contributed by atoms with Crippen molar-refractivity contribution in [2.75, 3.05) is 13.2 Å². The van der Waals surface area contributed by atoms with Gasteiger partial charge < -0.3 is 10.1 Å². The first-order valence-electron chi connectivity index (χ1n) is 8.13. The molecule has 0 atom stereocenters. The minimum Gasteiger partial charge on any atom is -0.492 e. The van der Waals surface area contributed by atoms with Crippen molar-refractivity contribution < 1.29 is 4.74 Å². The molecule has 112 valence electrons. The summed E-state index contributed by atoms with van der Waals surface area (Å²) in [5.74, 6) is 1.57. The van der Waals surface area contributed by atoms with E-state index in [1.807, 2.05) is 0 Å². The molecule has 2 heteroatoms. The summed E-state index contributed by atoms with van der Waals surface area (Å²) in [5, 5.41) is 3.63. The molecule has 0 amide bonds. The maximum atomic E-state index is 6.01. The van der Waals surface area contributed by atoms with Crippen molar-refractivity contribution >= 4 is 0 Å². The van der Waals surface area contributed by atoms with Crippen LogP contribution >= 0.6 is 0 Å². The Morgan fingerprint density at radius 2 is 1.95 bits per heavy atom. The molecule has 2 nitrogen and oxygen atoms in total. The predicted molar refractivity (Wildman–Crippen MR) is 85.6 cm³/mol. The van der Waals surface area contributed by atoms with Crippen LogP contribution in [0, 0.1) is 6.92 Å². The van der Waals surface area contributed by atoms with Gasteiger partial charge in [-0.3, -0.25) is 0 Å². The van der Waals surface area contributed by atoms with Crippen molar-refractivity contribution in [3.8, 4) is 5.75 Å². The highest BCUT2D eigenvalue weighted by Crippen LogP contribution is 2.27. The lowest BCUT2D eigenvalue weighted by molar-refractivity contribution is 0.286. The molecular formula is C18H29NO. The van der Waals surface area contributed by atoms with Crippen LogP contribution in [0.4, 0.5) is 0 Å². The number of hydrogen-bond acceptors (Lipinski definition) is 2. The molecule has 0 spiro atoms.